The molecule has 0 aliphatic carbocycles. The minimum absolute atomic E-state index is 0.00200. The first-order valence-corrected chi connectivity index (χ1v) is 7.07. The third-order valence-corrected chi connectivity index (χ3v) is 3.08. The van der Waals surface area contributed by atoms with Crippen molar-refractivity contribution < 1.29 is 9.59 Å². The highest BCUT2D eigenvalue weighted by Gasteiger charge is 2.06. The summed E-state index contributed by atoms with van der Waals surface area (Å²) in [6.07, 6.45) is 0.353. The van der Waals surface area contributed by atoms with Gasteiger partial charge in [-0.3, -0.25) is 9.59 Å². The summed E-state index contributed by atoms with van der Waals surface area (Å²) >= 11 is 3.35. The van der Waals surface area contributed by atoms with Crippen LogP contribution in [-0.4, -0.2) is 24.9 Å². The largest absolute Gasteiger partial charge is 0.354 e. The van der Waals surface area contributed by atoms with Crippen LogP contribution in [0.2, 0.25) is 0 Å². The first-order valence-electron chi connectivity index (χ1n) is 6.28. The van der Waals surface area contributed by atoms with E-state index in [9.17, 15) is 9.59 Å². The Hall–Kier alpha value is -1.36. The van der Waals surface area contributed by atoms with Crippen molar-refractivity contribution in [3.8, 4) is 0 Å². The van der Waals surface area contributed by atoms with Crippen LogP contribution in [0, 0.1) is 5.92 Å². The van der Waals surface area contributed by atoms with Crippen LogP contribution in [0.1, 0.15) is 19.4 Å². The van der Waals surface area contributed by atoms with E-state index in [1.165, 1.54) is 0 Å². The predicted octanol–water partition coefficient (Wildman–Crippen LogP) is 1.88. The molecule has 0 atom stereocenters. The Labute approximate surface area is 122 Å². The van der Waals surface area contributed by atoms with Gasteiger partial charge in [0, 0.05) is 23.5 Å². The average molecular weight is 327 g/mol. The highest BCUT2D eigenvalue weighted by molar-refractivity contribution is 9.10. The fraction of sp³-hybridized carbons (Fsp3) is 0.429. The van der Waals surface area contributed by atoms with Gasteiger partial charge in [0.2, 0.25) is 11.8 Å². The van der Waals surface area contributed by atoms with E-state index in [0.29, 0.717) is 19.5 Å². The van der Waals surface area contributed by atoms with E-state index in [1.807, 2.05) is 38.1 Å². The van der Waals surface area contributed by atoms with Gasteiger partial charge >= 0.3 is 0 Å². The molecule has 2 N–H and O–H groups in total. The lowest BCUT2D eigenvalue weighted by atomic mass is 10.1. The fourth-order valence-electron chi connectivity index (χ4n) is 1.44. The SMILES string of the molecule is CC(C)C(=O)NCCNC(=O)Cc1ccc(Br)cc1. The molecule has 0 heterocycles. The highest BCUT2D eigenvalue weighted by Crippen LogP contribution is 2.10. The van der Waals surface area contributed by atoms with Crippen LogP contribution in [0.15, 0.2) is 28.7 Å². The lowest BCUT2D eigenvalue weighted by molar-refractivity contribution is -0.124. The Morgan fingerprint density at radius 2 is 1.68 bits per heavy atom. The van der Waals surface area contributed by atoms with E-state index < -0.39 is 0 Å². The van der Waals surface area contributed by atoms with Gasteiger partial charge in [-0.05, 0) is 17.7 Å². The van der Waals surface area contributed by atoms with Crippen molar-refractivity contribution in [2.24, 2.45) is 5.92 Å². The van der Waals surface area contributed by atoms with Gasteiger partial charge in [-0.2, -0.15) is 0 Å². The molecule has 104 valence electrons. The lowest BCUT2D eigenvalue weighted by Gasteiger charge is -2.08. The third-order valence-electron chi connectivity index (χ3n) is 2.55. The summed E-state index contributed by atoms with van der Waals surface area (Å²) in [4.78, 5) is 22.9. The van der Waals surface area contributed by atoms with Gasteiger partial charge in [-0.15, -0.1) is 0 Å². The van der Waals surface area contributed by atoms with Crippen molar-refractivity contribution >= 4 is 27.7 Å². The van der Waals surface area contributed by atoms with Gasteiger partial charge in [0.25, 0.3) is 0 Å². The molecular weight excluding hydrogens is 308 g/mol. The molecule has 0 radical (unpaired) electrons. The minimum Gasteiger partial charge on any atom is -0.354 e. The maximum atomic E-state index is 11.6. The van der Waals surface area contributed by atoms with Crippen molar-refractivity contribution in [2.45, 2.75) is 20.3 Å². The standard InChI is InChI=1S/C14H19BrN2O2/c1-10(2)14(19)17-8-7-16-13(18)9-11-3-5-12(15)6-4-11/h3-6,10H,7-9H2,1-2H3,(H,16,18)(H,17,19). The molecule has 0 aromatic heterocycles. The molecule has 1 rings (SSSR count). The number of hydrogen-bond donors (Lipinski definition) is 2. The molecule has 1 aromatic rings. The number of hydrogen-bond acceptors (Lipinski definition) is 2. The molecule has 0 unspecified atom stereocenters. The van der Waals surface area contributed by atoms with Gasteiger partial charge in [-0.25, -0.2) is 0 Å². The van der Waals surface area contributed by atoms with Crippen LogP contribution in [0.3, 0.4) is 0 Å². The van der Waals surface area contributed by atoms with Gasteiger partial charge in [0.05, 0.1) is 6.42 Å². The molecular formula is C14H19BrN2O2. The van der Waals surface area contributed by atoms with Crippen molar-refractivity contribution in [3.63, 3.8) is 0 Å². The van der Waals surface area contributed by atoms with Gasteiger partial charge in [0.15, 0.2) is 0 Å². The number of halogens is 1. The molecule has 0 saturated heterocycles. The zero-order chi connectivity index (χ0) is 14.3. The zero-order valence-corrected chi connectivity index (χ0v) is 12.8. The lowest BCUT2D eigenvalue weighted by Crippen LogP contribution is -2.36. The third kappa shape index (κ3) is 6.38. The molecule has 0 fully saturated rings. The second kappa shape index (κ2) is 7.94. The predicted molar refractivity (Wildman–Crippen MR) is 78.7 cm³/mol. The van der Waals surface area contributed by atoms with Crippen LogP contribution in [0.25, 0.3) is 0 Å². The van der Waals surface area contributed by atoms with Crippen molar-refractivity contribution in [1.29, 1.82) is 0 Å². The number of amides is 2. The minimum atomic E-state index is -0.0406. The normalized spacial score (nSPS) is 10.3. The zero-order valence-electron chi connectivity index (χ0n) is 11.2. The number of carbonyl (C=O) groups excluding carboxylic acids is 2. The fourth-order valence-corrected chi connectivity index (χ4v) is 1.71. The van der Waals surface area contributed by atoms with E-state index in [4.69, 9.17) is 0 Å². The van der Waals surface area contributed by atoms with E-state index in [0.717, 1.165) is 10.0 Å². The van der Waals surface area contributed by atoms with E-state index in [1.54, 1.807) is 0 Å². The van der Waals surface area contributed by atoms with Crippen LogP contribution in [-0.2, 0) is 16.0 Å². The Kier molecular flexibility index (Phi) is 6.56. The summed E-state index contributed by atoms with van der Waals surface area (Å²) in [5, 5.41) is 5.52. The summed E-state index contributed by atoms with van der Waals surface area (Å²) in [5.41, 5.74) is 0.965. The molecule has 2 amide bonds. The molecule has 4 nitrogen and oxygen atoms in total. The first kappa shape index (κ1) is 15.7. The summed E-state index contributed by atoms with van der Waals surface area (Å²) in [6.45, 7) is 4.58. The molecule has 1 aromatic carbocycles. The van der Waals surface area contributed by atoms with Crippen LogP contribution in [0.4, 0.5) is 0 Å². The highest BCUT2D eigenvalue weighted by atomic mass is 79.9. The molecule has 0 bridgehead atoms. The number of rotatable bonds is 6. The van der Waals surface area contributed by atoms with Gasteiger partial charge in [-0.1, -0.05) is 41.9 Å². The Morgan fingerprint density at radius 1 is 1.11 bits per heavy atom. The average Bonchev–Trinajstić information content (AvgIpc) is 2.37. The van der Waals surface area contributed by atoms with Crippen LogP contribution in [0.5, 0.6) is 0 Å². The van der Waals surface area contributed by atoms with Crippen LogP contribution < -0.4 is 10.6 Å². The molecule has 0 spiro atoms. The maximum absolute atomic E-state index is 11.6. The monoisotopic (exact) mass is 326 g/mol. The number of nitrogens with one attached hydrogen (secondary N) is 2. The Morgan fingerprint density at radius 3 is 2.26 bits per heavy atom. The molecule has 0 aliphatic heterocycles. The molecule has 5 heteroatoms. The second-order valence-electron chi connectivity index (χ2n) is 4.60. The molecule has 19 heavy (non-hydrogen) atoms. The summed E-state index contributed by atoms with van der Waals surface area (Å²) in [5.74, 6) is -0.0678. The molecule has 0 saturated carbocycles. The van der Waals surface area contributed by atoms with Gasteiger partial charge in [0.1, 0.15) is 0 Å². The van der Waals surface area contributed by atoms with E-state index >= 15 is 0 Å². The topological polar surface area (TPSA) is 58.2 Å². The van der Waals surface area contributed by atoms with Crippen molar-refractivity contribution in [1.82, 2.24) is 10.6 Å². The van der Waals surface area contributed by atoms with Crippen LogP contribution >= 0.6 is 15.9 Å². The maximum Gasteiger partial charge on any atom is 0.224 e. The van der Waals surface area contributed by atoms with Crippen molar-refractivity contribution in [2.75, 3.05) is 13.1 Å². The van der Waals surface area contributed by atoms with E-state index in [-0.39, 0.29) is 17.7 Å². The quantitative estimate of drug-likeness (QED) is 0.784. The number of carbonyl (C=O) groups is 2. The number of benzene rings is 1. The second-order valence-corrected chi connectivity index (χ2v) is 5.51. The van der Waals surface area contributed by atoms with Crippen molar-refractivity contribution in [3.05, 3.63) is 34.3 Å². The summed E-state index contributed by atoms with van der Waals surface area (Å²) in [6, 6.07) is 7.63. The Bertz CT molecular complexity index is 430. The summed E-state index contributed by atoms with van der Waals surface area (Å²) < 4.78 is 0.994. The van der Waals surface area contributed by atoms with Gasteiger partial charge < -0.3 is 10.6 Å². The van der Waals surface area contributed by atoms with E-state index in [2.05, 4.69) is 26.6 Å². The summed E-state index contributed by atoms with van der Waals surface area (Å²) in [7, 11) is 0. The molecule has 0 aliphatic rings. The smallest absolute Gasteiger partial charge is 0.224 e. The Balaban J connectivity index is 2.21. The first-order chi connectivity index (χ1) is 8.99.